The minimum absolute atomic E-state index is 0.489. The first-order valence-corrected chi connectivity index (χ1v) is 7.39. The third-order valence-corrected chi connectivity index (χ3v) is 4.03. The Kier molecular flexibility index (Phi) is 4.11. The fraction of sp³-hybridized carbons (Fsp3) is 0.353. The number of nitriles is 1. The summed E-state index contributed by atoms with van der Waals surface area (Å²) < 4.78 is 0. The fourth-order valence-electron chi connectivity index (χ4n) is 3.00. The standard InChI is InChI=1S/C17H18N4/c18-13-15-12-17(8-10-20-15)21-11-3-5-16(21)7-6-14-4-1-2-9-19-14/h1-2,4,8-10,12,16H,3,5-7,11H2/t16-/m0/s1. The van der Waals surface area contributed by atoms with Gasteiger partial charge in [0.05, 0.1) is 0 Å². The van der Waals surface area contributed by atoms with Crippen molar-refractivity contribution in [2.75, 3.05) is 11.4 Å². The van der Waals surface area contributed by atoms with Crippen LogP contribution in [0.15, 0.2) is 42.7 Å². The van der Waals surface area contributed by atoms with Gasteiger partial charge in [-0.1, -0.05) is 6.07 Å². The molecule has 4 nitrogen and oxygen atoms in total. The molecule has 1 aliphatic rings. The largest absolute Gasteiger partial charge is 0.368 e. The first kappa shape index (κ1) is 13.6. The van der Waals surface area contributed by atoms with Crippen molar-refractivity contribution in [3.8, 4) is 6.07 Å². The minimum Gasteiger partial charge on any atom is -0.368 e. The fourth-order valence-corrected chi connectivity index (χ4v) is 3.00. The Hall–Kier alpha value is -2.41. The van der Waals surface area contributed by atoms with Gasteiger partial charge >= 0.3 is 0 Å². The first-order valence-electron chi connectivity index (χ1n) is 7.39. The molecule has 2 aromatic rings. The predicted octanol–water partition coefficient (Wildman–Crippen LogP) is 2.95. The van der Waals surface area contributed by atoms with Crippen molar-refractivity contribution in [2.45, 2.75) is 31.7 Å². The van der Waals surface area contributed by atoms with Gasteiger partial charge in [0.15, 0.2) is 0 Å². The van der Waals surface area contributed by atoms with Crippen LogP contribution in [0.4, 0.5) is 5.69 Å². The summed E-state index contributed by atoms with van der Waals surface area (Å²) in [5, 5.41) is 8.98. The number of hydrogen-bond acceptors (Lipinski definition) is 4. The highest BCUT2D eigenvalue weighted by molar-refractivity contribution is 5.50. The zero-order valence-corrected chi connectivity index (χ0v) is 11.9. The van der Waals surface area contributed by atoms with E-state index in [1.165, 1.54) is 12.8 Å². The Labute approximate surface area is 125 Å². The van der Waals surface area contributed by atoms with Gasteiger partial charge in [-0.25, -0.2) is 4.98 Å². The highest BCUT2D eigenvalue weighted by Gasteiger charge is 2.24. The smallest absolute Gasteiger partial charge is 0.142 e. The lowest BCUT2D eigenvalue weighted by molar-refractivity contribution is 0.605. The molecule has 1 atom stereocenters. The Balaban J connectivity index is 1.69. The summed E-state index contributed by atoms with van der Waals surface area (Å²) in [6.45, 7) is 1.06. The van der Waals surface area contributed by atoms with Gasteiger partial charge in [-0.3, -0.25) is 4.98 Å². The van der Waals surface area contributed by atoms with E-state index in [1.807, 2.05) is 30.5 Å². The predicted molar refractivity (Wildman–Crippen MR) is 81.9 cm³/mol. The van der Waals surface area contributed by atoms with Crippen molar-refractivity contribution in [1.29, 1.82) is 5.26 Å². The van der Waals surface area contributed by atoms with E-state index in [4.69, 9.17) is 5.26 Å². The maximum Gasteiger partial charge on any atom is 0.142 e. The average molecular weight is 278 g/mol. The first-order chi connectivity index (χ1) is 10.4. The Morgan fingerprint density at radius 1 is 1.24 bits per heavy atom. The Morgan fingerprint density at radius 3 is 3.00 bits per heavy atom. The Bertz CT molecular complexity index is 633. The highest BCUT2D eigenvalue weighted by Crippen LogP contribution is 2.28. The van der Waals surface area contributed by atoms with Crippen LogP contribution in [0.1, 0.15) is 30.7 Å². The molecule has 0 spiro atoms. The van der Waals surface area contributed by atoms with Crippen LogP contribution in [0.2, 0.25) is 0 Å². The monoisotopic (exact) mass is 278 g/mol. The molecular formula is C17H18N4. The molecule has 2 aromatic heterocycles. The second-order valence-corrected chi connectivity index (χ2v) is 5.36. The SMILES string of the molecule is N#Cc1cc(N2CCC[C@H]2CCc2ccccn2)ccn1. The maximum absolute atomic E-state index is 8.98. The molecule has 0 unspecified atom stereocenters. The second-order valence-electron chi connectivity index (χ2n) is 5.36. The molecule has 4 heteroatoms. The van der Waals surface area contributed by atoms with E-state index in [-0.39, 0.29) is 0 Å². The molecule has 0 saturated carbocycles. The molecule has 106 valence electrons. The summed E-state index contributed by atoms with van der Waals surface area (Å²) >= 11 is 0. The van der Waals surface area contributed by atoms with Crippen molar-refractivity contribution < 1.29 is 0 Å². The average Bonchev–Trinajstić information content (AvgIpc) is 3.02. The van der Waals surface area contributed by atoms with Crippen molar-refractivity contribution in [1.82, 2.24) is 9.97 Å². The topological polar surface area (TPSA) is 52.8 Å². The van der Waals surface area contributed by atoms with Crippen LogP contribution in [0.3, 0.4) is 0 Å². The van der Waals surface area contributed by atoms with Crippen molar-refractivity contribution >= 4 is 5.69 Å². The van der Waals surface area contributed by atoms with Crippen LogP contribution in [0.5, 0.6) is 0 Å². The van der Waals surface area contributed by atoms with E-state index < -0.39 is 0 Å². The molecule has 0 N–H and O–H groups in total. The summed E-state index contributed by atoms with van der Waals surface area (Å²) in [6, 6.07) is 12.6. The van der Waals surface area contributed by atoms with E-state index in [0.717, 1.165) is 30.8 Å². The van der Waals surface area contributed by atoms with Gasteiger partial charge in [-0.05, 0) is 49.9 Å². The van der Waals surface area contributed by atoms with E-state index in [9.17, 15) is 0 Å². The molecule has 0 bridgehead atoms. The minimum atomic E-state index is 0.489. The van der Waals surface area contributed by atoms with E-state index in [0.29, 0.717) is 11.7 Å². The van der Waals surface area contributed by atoms with Crippen molar-refractivity contribution in [3.05, 3.63) is 54.1 Å². The molecular weight excluding hydrogens is 260 g/mol. The van der Waals surface area contributed by atoms with Crippen molar-refractivity contribution in [2.24, 2.45) is 0 Å². The summed E-state index contributed by atoms with van der Waals surface area (Å²) in [7, 11) is 0. The number of nitrogens with zero attached hydrogens (tertiary/aromatic N) is 4. The van der Waals surface area contributed by atoms with Gasteiger partial charge in [0.2, 0.25) is 0 Å². The lowest BCUT2D eigenvalue weighted by atomic mass is 10.1. The van der Waals surface area contributed by atoms with E-state index in [1.54, 1.807) is 6.20 Å². The molecule has 0 amide bonds. The van der Waals surface area contributed by atoms with Crippen LogP contribution in [0.25, 0.3) is 0 Å². The van der Waals surface area contributed by atoms with Crippen molar-refractivity contribution in [3.63, 3.8) is 0 Å². The van der Waals surface area contributed by atoms with Gasteiger partial charge in [0.25, 0.3) is 0 Å². The van der Waals surface area contributed by atoms with Crippen LogP contribution >= 0.6 is 0 Å². The molecule has 0 aromatic carbocycles. The summed E-state index contributed by atoms with van der Waals surface area (Å²) in [5.41, 5.74) is 2.75. The molecule has 21 heavy (non-hydrogen) atoms. The van der Waals surface area contributed by atoms with Crippen LogP contribution in [-0.4, -0.2) is 22.6 Å². The molecule has 1 aliphatic heterocycles. The summed E-state index contributed by atoms with van der Waals surface area (Å²) in [6.07, 6.45) is 8.08. The second kappa shape index (κ2) is 6.36. The quantitative estimate of drug-likeness (QED) is 0.862. The zero-order chi connectivity index (χ0) is 14.5. The number of hydrogen-bond donors (Lipinski definition) is 0. The van der Waals surface area contributed by atoms with E-state index >= 15 is 0 Å². The third kappa shape index (κ3) is 3.19. The summed E-state index contributed by atoms with van der Waals surface area (Å²) in [5.74, 6) is 0. The molecule has 0 radical (unpaired) electrons. The molecule has 1 saturated heterocycles. The van der Waals surface area contributed by atoms with Gasteiger partial charge in [-0.2, -0.15) is 5.26 Å². The van der Waals surface area contributed by atoms with Gasteiger partial charge < -0.3 is 4.90 Å². The number of aryl methyl sites for hydroxylation is 1. The molecule has 3 rings (SSSR count). The summed E-state index contributed by atoms with van der Waals surface area (Å²) in [4.78, 5) is 10.9. The number of pyridine rings is 2. The highest BCUT2D eigenvalue weighted by atomic mass is 15.2. The van der Waals surface area contributed by atoms with Gasteiger partial charge in [0.1, 0.15) is 11.8 Å². The van der Waals surface area contributed by atoms with Crippen LogP contribution in [-0.2, 0) is 6.42 Å². The van der Waals surface area contributed by atoms with Crippen LogP contribution in [0, 0.1) is 11.3 Å². The normalized spacial score (nSPS) is 17.7. The lowest BCUT2D eigenvalue weighted by Crippen LogP contribution is -2.29. The van der Waals surface area contributed by atoms with Gasteiger partial charge in [0, 0.05) is 36.4 Å². The molecule has 3 heterocycles. The van der Waals surface area contributed by atoms with Crippen LogP contribution < -0.4 is 4.90 Å². The Morgan fingerprint density at radius 2 is 2.19 bits per heavy atom. The molecule has 0 aliphatic carbocycles. The maximum atomic E-state index is 8.98. The molecule has 1 fully saturated rings. The van der Waals surface area contributed by atoms with Gasteiger partial charge in [-0.15, -0.1) is 0 Å². The third-order valence-electron chi connectivity index (χ3n) is 4.03. The number of rotatable bonds is 4. The lowest BCUT2D eigenvalue weighted by Gasteiger charge is -2.26. The zero-order valence-electron chi connectivity index (χ0n) is 11.9. The van der Waals surface area contributed by atoms with E-state index in [2.05, 4.69) is 27.0 Å². The number of anilines is 1. The number of aromatic nitrogens is 2.